The van der Waals surface area contributed by atoms with Gasteiger partial charge in [0.25, 0.3) is 0 Å². The van der Waals surface area contributed by atoms with E-state index in [-0.39, 0.29) is 0 Å². The van der Waals surface area contributed by atoms with Crippen molar-refractivity contribution in [2.75, 3.05) is 37.7 Å². The van der Waals surface area contributed by atoms with Gasteiger partial charge in [-0.25, -0.2) is 0 Å². The van der Waals surface area contributed by atoms with Crippen LogP contribution in [0.15, 0.2) is 0 Å². The van der Waals surface area contributed by atoms with Crippen LogP contribution in [0.2, 0.25) is 0 Å². The minimum absolute atomic E-state index is 0.298. The summed E-state index contributed by atoms with van der Waals surface area (Å²) in [6.07, 6.45) is 0.836. The summed E-state index contributed by atoms with van der Waals surface area (Å²) in [5.41, 5.74) is 0. The van der Waals surface area contributed by atoms with Gasteiger partial charge in [-0.15, -0.1) is 0 Å². The van der Waals surface area contributed by atoms with Crippen molar-refractivity contribution >= 4 is 10.6 Å². The summed E-state index contributed by atoms with van der Waals surface area (Å²) in [6.45, 7) is 3.99. The smallest absolute Gasteiger partial charge is 0.0224 e. The fraction of sp³-hybridized carbons (Fsp3) is 1.00. The lowest BCUT2D eigenvalue weighted by atomic mass is 10.2. The van der Waals surface area contributed by atoms with Crippen molar-refractivity contribution in [3.63, 3.8) is 0 Å². The summed E-state index contributed by atoms with van der Waals surface area (Å²) in [4.78, 5) is 2.31. The van der Waals surface area contributed by atoms with Gasteiger partial charge >= 0.3 is 0 Å². The monoisotopic (exact) mass is 204 g/mol. The van der Waals surface area contributed by atoms with Crippen molar-refractivity contribution in [3.05, 3.63) is 0 Å². The molecule has 4 nitrogen and oxygen atoms in total. The quantitative estimate of drug-likeness (QED) is 0.638. The van der Waals surface area contributed by atoms with Crippen LogP contribution in [0, 0.1) is 0 Å². The van der Waals surface area contributed by atoms with E-state index in [4.69, 9.17) is 0 Å². The Hall–Kier alpha value is 0.190. The zero-order valence-corrected chi connectivity index (χ0v) is 8.52. The van der Waals surface area contributed by atoms with Crippen LogP contribution in [0.4, 0.5) is 0 Å². The molecule has 2 fully saturated rings. The number of nitrogens with one attached hydrogen (secondary N) is 1. The van der Waals surface area contributed by atoms with E-state index in [0.29, 0.717) is 17.5 Å². The number of rotatable bonds is 1. The van der Waals surface area contributed by atoms with E-state index in [0.717, 1.165) is 32.6 Å². The maximum Gasteiger partial charge on any atom is 0.0224 e. The van der Waals surface area contributed by atoms with E-state index in [2.05, 4.69) is 10.2 Å². The highest BCUT2D eigenvalue weighted by Crippen LogP contribution is 2.46. The van der Waals surface area contributed by atoms with Gasteiger partial charge in [-0.3, -0.25) is 4.90 Å². The lowest BCUT2D eigenvalue weighted by Crippen LogP contribution is -2.48. The van der Waals surface area contributed by atoms with Crippen LogP contribution in [0.1, 0.15) is 6.42 Å². The predicted molar refractivity (Wildman–Crippen MR) is 51.7 cm³/mol. The average molecular weight is 204 g/mol. The molecule has 0 aromatic rings. The second-order valence-electron chi connectivity index (χ2n) is 3.84. The van der Waals surface area contributed by atoms with E-state index in [1.54, 1.807) is 0 Å². The fourth-order valence-electron chi connectivity index (χ4n) is 2.11. The Morgan fingerprint density at radius 2 is 1.92 bits per heavy atom. The summed E-state index contributed by atoms with van der Waals surface area (Å²) in [5, 5.41) is 3.27. The van der Waals surface area contributed by atoms with Gasteiger partial charge in [-0.2, -0.15) is 0 Å². The first-order valence-corrected chi connectivity index (χ1v) is 6.65. The highest BCUT2D eigenvalue weighted by molar-refractivity contribution is 8.24. The van der Waals surface area contributed by atoms with Crippen molar-refractivity contribution in [2.24, 2.45) is 0 Å². The van der Waals surface area contributed by atoms with Crippen molar-refractivity contribution in [1.82, 2.24) is 10.2 Å². The van der Waals surface area contributed by atoms with Gasteiger partial charge in [0.2, 0.25) is 0 Å². The molecule has 2 aliphatic heterocycles. The largest absolute Gasteiger partial charge is 0.800 e. The molecule has 2 saturated heterocycles. The summed E-state index contributed by atoms with van der Waals surface area (Å²) in [6, 6.07) is 0.298. The molecule has 78 valence electrons. The summed E-state index contributed by atoms with van der Waals surface area (Å²) < 4.78 is 22.5. The zero-order chi connectivity index (χ0) is 9.31. The average Bonchev–Trinajstić information content (AvgIpc) is 2.48. The zero-order valence-electron chi connectivity index (χ0n) is 7.70. The Kier molecular flexibility index (Phi) is 2.80. The van der Waals surface area contributed by atoms with Crippen LogP contribution >= 0.6 is 10.6 Å². The van der Waals surface area contributed by atoms with Crippen LogP contribution in [0.3, 0.4) is 0 Å². The SMILES string of the molecule is [O-]S1([O-])CCC(N2CCNCC2)C1. The first-order valence-electron chi connectivity index (χ1n) is 4.82. The van der Waals surface area contributed by atoms with E-state index in [1.807, 2.05) is 0 Å². The maximum atomic E-state index is 11.2. The first kappa shape index (κ1) is 9.73. The minimum atomic E-state index is -2.71. The van der Waals surface area contributed by atoms with Crippen molar-refractivity contribution in [2.45, 2.75) is 12.5 Å². The lowest BCUT2D eigenvalue weighted by Gasteiger charge is -2.57. The molecular weight excluding hydrogens is 188 g/mol. The molecule has 5 heteroatoms. The van der Waals surface area contributed by atoms with Gasteiger partial charge in [0.1, 0.15) is 0 Å². The number of hydrogen-bond acceptors (Lipinski definition) is 4. The van der Waals surface area contributed by atoms with Crippen LogP contribution < -0.4 is 5.32 Å². The molecule has 0 radical (unpaired) electrons. The molecule has 1 N–H and O–H groups in total. The molecule has 0 amide bonds. The van der Waals surface area contributed by atoms with Gasteiger partial charge < -0.3 is 25.0 Å². The number of sulfone groups is 1. The van der Waals surface area contributed by atoms with E-state index >= 15 is 0 Å². The summed E-state index contributed by atoms with van der Waals surface area (Å²) in [5.74, 6) is 0.772. The predicted octanol–water partition coefficient (Wildman–Crippen LogP) is -0.271. The van der Waals surface area contributed by atoms with Crippen LogP contribution in [-0.4, -0.2) is 57.7 Å². The minimum Gasteiger partial charge on any atom is -0.800 e. The molecule has 2 heterocycles. The molecule has 0 saturated carbocycles. The van der Waals surface area contributed by atoms with Crippen LogP contribution in [0.5, 0.6) is 0 Å². The molecule has 0 aromatic heterocycles. The molecule has 1 unspecified atom stereocenters. The lowest BCUT2D eigenvalue weighted by molar-refractivity contribution is 0.187. The number of nitrogens with zero attached hydrogens (tertiary/aromatic N) is 1. The Morgan fingerprint density at radius 1 is 1.23 bits per heavy atom. The molecular formula is C8H16N2O2S-2. The molecule has 1 atom stereocenters. The van der Waals surface area contributed by atoms with Gasteiger partial charge in [0.15, 0.2) is 0 Å². The Labute approximate surface area is 80.7 Å². The third-order valence-corrected chi connectivity index (χ3v) is 4.63. The second kappa shape index (κ2) is 3.74. The Balaban J connectivity index is 1.87. The molecule has 13 heavy (non-hydrogen) atoms. The molecule has 0 bridgehead atoms. The van der Waals surface area contributed by atoms with Gasteiger partial charge in [0, 0.05) is 32.2 Å². The van der Waals surface area contributed by atoms with Crippen molar-refractivity contribution in [3.8, 4) is 0 Å². The normalized spacial score (nSPS) is 37.5. The van der Waals surface area contributed by atoms with Crippen molar-refractivity contribution < 1.29 is 9.11 Å². The second-order valence-corrected chi connectivity index (χ2v) is 6.07. The third kappa shape index (κ3) is 2.35. The van der Waals surface area contributed by atoms with Gasteiger partial charge in [-0.05, 0) is 17.9 Å². The number of piperazine rings is 1. The van der Waals surface area contributed by atoms with E-state index in [9.17, 15) is 9.11 Å². The highest BCUT2D eigenvalue weighted by Gasteiger charge is 2.25. The standard InChI is InChI=1S/C8H18N2O2S/c11-13(12)6-1-8(7-13)10-4-2-9-3-5-10/h8-9,11-12H,1-7H2/p-2. The van der Waals surface area contributed by atoms with Gasteiger partial charge in [-0.1, -0.05) is 0 Å². The number of hydrogen-bond donors (Lipinski definition) is 1. The maximum absolute atomic E-state index is 11.2. The van der Waals surface area contributed by atoms with Crippen molar-refractivity contribution in [1.29, 1.82) is 0 Å². The Bertz CT molecular complexity index is 183. The highest BCUT2D eigenvalue weighted by atomic mass is 32.3. The Morgan fingerprint density at radius 3 is 2.46 bits per heavy atom. The molecule has 0 spiro atoms. The van der Waals surface area contributed by atoms with Crippen LogP contribution in [0.25, 0.3) is 0 Å². The molecule has 2 rings (SSSR count). The summed E-state index contributed by atoms with van der Waals surface area (Å²) >= 11 is 0. The topological polar surface area (TPSA) is 61.4 Å². The van der Waals surface area contributed by atoms with Crippen LogP contribution in [-0.2, 0) is 0 Å². The third-order valence-electron chi connectivity index (χ3n) is 2.88. The van der Waals surface area contributed by atoms with E-state index < -0.39 is 10.6 Å². The fourth-order valence-corrected chi connectivity index (χ4v) is 3.87. The van der Waals surface area contributed by atoms with E-state index in [1.165, 1.54) is 0 Å². The molecule has 0 aromatic carbocycles. The van der Waals surface area contributed by atoms with Gasteiger partial charge in [0.05, 0.1) is 0 Å². The first-order chi connectivity index (χ1) is 6.17. The summed E-state index contributed by atoms with van der Waals surface area (Å²) in [7, 11) is -2.71. The molecule has 2 aliphatic rings. The molecule has 0 aliphatic carbocycles.